The molecule has 0 saturated carbocycles. The van der Waals surface area contributed by atoms with Crippen LogP contribution in [0.15, 0.2) is 34.8 Å². The molecule has 2 aromatic carbocycles. The Morgan fingerprint density at radius 1 is 1.15 bits per heavy atom. The Morgan fingerprint density at radius 2 is 1.80 bits per heavy atom. The third-order valence-electron chi connectivity index (χ3n) is 3.03. The van der Waals surface area contributed by atoms with Crippen LogP contribution in [0.4, 0.5) is 5.69 Å². The van der Waals surface area contributed by atoms with Gasteiger partial charge >= 0.3 is 0 Å². The van der Waals surface area contributed by atoms with E-state index in [1.54, 1.807) is 6.07 Å². The van der Waals surface area contributed by atoms with Gasteiger partial charge in [-0.1, -0.05) is 15.9 Å². The molecule has 0 unspecified atom stereocenters. The first-order chi connectivity index (χ1) is 9.51. The van der Waals surface area contributed by atoms with E-state index < -0.39 is 0 Å². The lowest BCUT2D eigenvalue weighted by molar-refractivity contribution is 0.481. The van der Waals surface area contributed by atoms with Crippen LogP contribution in [0.1, 0.15) is 16.7 Å². The van der Waals surface area contributed by atoms with Gasteiger partial charge in [0.2, 0.25) is 0 Å². The Hall–Kier alpha value is -1.99. The molecule has 0 aliphatic heterocycles. The fraction of sp³-hybridized carbons (Fsp3) is 0.188. The molecule has 0 spiro atoms. The lowest BCUT2D eigenvalue weighted by atomic mass is 10.1. The van der Waals surface area contributed by atoms with Crippen molar-refractivity contribution in [1.82, 2.24) is 0 Å². The number of rotatable bonds is 3. The molecule has 0 radical (unpaired) electrons. The molecule has 0 bridgehead atoms. The minimum atomic E-state index is 0.279. The van der Waals surface area contributed by atoms with Crippen molar-refractivity contribution < 1.29 is 4.74 Å². The van der Waals surface area contributed by atoms with Crippen LogP contribution in [-0.2, 0) is 6.42 Å². The first kappa shape index (κ1) is 14.4. The van der Waals surface area contributed by atoms with Crippen LogP contribution in [0, 0.1) is 25.2 Å². The van der Waals surface area contributed by atoms with E-state index in [4.69, 9.17) is 15.7 Å². The fourth-order valence-electron chi connectivity index (χ4n) is 1.99. The summed E-state index contributed by atoms with van der Waals surface area (Å²) in [7, 11) is 0. The van der Waals surface area contributed by atoms with E-state index in [2.05, 4.69) is 22.0 Å². The van der Waals surface area contributed by atoms with Crippen LogP contribution in [-0.4, -0.2) is 0 Å². The van der Waals surface area contributed by atoms with Crippen molar-refractivity contribution in [2.24, 2.45) is 0 Å². The number of nitrogen functional groups attached to an aromatic ring is 1. The second-order valence-electron chi connectivity index (χ2n) is 4.67. The number of aryl methyl sites for hydroxylation is 2. The van der Waals surface area contributed by atoms with Gasteiger partial charge in [-0.15, -0.1) is 0 Å². The Kier molecular flexibility index (Phi) is 4.31. The monoisotopic (exact) mass is 330 g/mol. The quantitative estimate of drug-likeness (QED) is 0.842. The van der Waals surface area contributed by atoms with E-state index in [1.165, 1.54) is 0 Å². The van der Waals surface area contributed by atoms with Gasteiger partial charge in [0.05, 0.1) is 12.5 Å². The van der Waals surface area contributed by atoms with E-state index >= 15 is 0 Å². The molecule has 4 heteroatoms. The molecule has 20 heavy (non-hydrogen) atoms. The zero-order valence-electron chi connectivity index (χ0n) is 11.4. The van der Waals surface area contributed by atoms with E-state index in [9.17, 15) is 0 Å². The summed E-state index contributed by atoms with van der Waals surface area (Å²) in [6.45, 7) is 4.04. The smallest absolute Gasteiger partial charge is 0.128 e. The summed E-state index contributed by atoms with van der Waals surface area (Å²) in [4.78, 5) is 0. The maximum atomic E-state index is 8.78. The average Bonchev–Trinajstić information content (AvgIpc) is 2.40. The van der Waals surface area contributed by atoms with Crippen LogP contribution in [0.25, 0.3) is 0 Å². The number of hydrogen-bond acceptors (Lipinski definition) is 3. The Bertz CT molecular complexity index is 666. The molecular weight excluding hydrogens is 316 g/mol. The second-order valence-corrected chi connectivity index (χ2v) is 5.46. The van der Waals surface area contributed by atoms with Crippen molar-refractivity contribution >= 4 is 21.6 Å². The number of hydrogen-bond donors (Lipinski definition) is 1. The Balaban J connectivity index is 2.31. The number of ether oxygens (including phenoxy) is 1. The first-order valence-electron chi connectivity index (χ1n) is 6.21. The zero-order valence-corrected chi connectivity index (χ0v) is 13.0. The largest absolute Gasteiger partial charge is 0.457 e. The maximum Gasteiger partial charge on any atom is 0.128 e. The highest BCUT2D eigenvalue weighted by Crippen LogP contribution is 2.30. The number of anilines is 1. The third-order valence-corrected chi connectivity index (χ3v) is 4.28. The molecule has 0 aliphatic carbocycles. The normalized spacial score (nSPS) is 10.1. The molecule has 0 saturated heterocycles. The topological polar surface area (TPSA) is 59.0 Å². The number of halogens is 1. The lowest BCUT2D eigenvalue weighted by Crippen LogP contribution is -1.95. The molecule has 0 aromatic heterocycles. The molecule has 2 N–H and O–H groups in total. The van der Waals surface area contributed by atoms with E-state index in [0.717, 1.165) is 26.9 Å². The molecule has 3 nitrogen and oxygen atoms in total. The van der Waals surface area contributed by atoms with Gasteiger partial charge in [0, 0.05) is 10.2 Å². The second kappa shape index (κ2) is 5.98. The van der Waals surface area contributed by atoms with Crippen molar-refractivity contribution in [3.63, 3.8) is 0 Å². The standard InChI is InChI=1S/C16H15BrN2O/c1-10-7-14(8-11(2)16(10)17)20-13-3-4-15(19)12(9-13)5-6-18/h3-4,7-9H,5,19H2,1-2H3. The lowest BCUT2D eigenvalue weighted by Gasteiger charge is -2.11. The number of benzene rings is 2. The Morgan fingerprint density at radius 3 is 2.40 bits per heavy atom. The molecule has 2 rings (SSSR count). The van der Waals surface area contributed by atoms with E-state index in [0.29, 0.717) is 11.4 Å². The van der Waals surface area contributed by atoms with Crippen LogP contribution in [0.5, 0.6) is 11.5 Å². The third kappa shape index (κ3) is 3.12. The van der Waals surface area contributed by atoms with Crippen LogP contribution in [0.2, 0.25) is 0 Å². The van der Waals surface area contributed by atoms with Gasteiger partial charge in [-0.3, -0.25) is 0 Å². The summed E-state index contributed by atoms with van der Waals surface area (Å²) in [5.74, 6) is 1.46. The average molecular weight is 331 g/mol. The van der Waals surface area contributed by atoms with Crippen LogP contribution < -0.4 is 10.5 Å². The maximum absolute atomic E-state index is 8.78. The highest BCUT2D eigenvalue weighted by Gasteiger charge is 2.06. The van der Waals surface area contributed by atoms with Crippen molar-refractivity contribution in [3.05, 3.63) is 51.5 Å². The predicted molar refractivity (Wildman–Crippen MR) is 83.9 cm³/mol. The summed E-state index contributed by atoms with van der Waals surface area (Å²) in [6.07, 6.45) is 0.279. The van der Waals surface area contributed by atoms with Crippen LogP contribution in [0.3, 0.4) is 0 Å². The number of nitrogens with two attached hydrogens (primary N) is 1. The molecule has 0 atom stereocenters. The minimum Gasteiger partial charge on any atom is -0.457 e. The highest BCUT2D eigenvalue weighted by molar-refractivity contribution is 9.10. The van der Waals surface area contributed by atoms with Gasteiger partial charge in [0.1, 0.15) is 11.5 Å². The molecule has 2 aromatic rings. The summed E-state index contributed by atoms with van der Waals surface area (Å²) in [6, 6.07) is 11.4. The predicted octanol–water partition coefficient (Wildman–Crippen LogP) is 4.51. The van der Waals surface area contributed by atoms with E-state index in [-0.39, 0.29) is 6.42 Å². The van der Waals surface area contributed by atoms with Crippen molar-refractivity contribution in [3.8, 4) is 17.6 Å². The highest BCUT2D eigenvalue weighted by atomic mass is 79.9. The van der Waals surface area contributed by atoms with Gasteiger partial charge in [-0.2, -0.15) is 5.26 Å². The Labute approximate surface area is 127 Å². The van der Waals surface area contributed by atoms with Crippen molar-refractivity contribution in [2.45, 2.75) is 20.3 Å². The van der Waals surface area contributed by atoms with Crippen molar-refractivity contribution in [1.29, 1.82) is 5.26 Å². The molecule has 102 valence electrons. The van der Waals surface area contributed by atoms with Gasteiger partial charge in [0.25, 0.3) is 0 Å². The van der Waals surface area contributed by atoms with E-state index in [1.807, 2.05) is 38.1 Å². The molecule has 0 aliphatic rings. The van der Waals surface area contributed by atoms with Gasteiger partial charge in [-0.05, 0) is 60.9 Å². The molecule has 0 amide bonds. The van der Waals surface area contributed by atoms with Crippen LogP contribution >= 0.6 is 15.9 Å². The van der Waals surface area contributed by atoms with Crippen molar-refractivity contribution in [2.75, 3.05) is 5.73 Å². The minimum absolute atomic E-state index is 0.279. The summed E-state index contributed by atoms with van der Waals surface area (Å²) >= 11 is 3.53. The number of nitriles is 1. The zero-order chi connectivity index (χ0) is 14.7. The molecule has 0 heterocycles. The summed E-state index contributed by atoms with van der Waals surface area (Å²) in [5, 5.41) is 8.78. The number of nitrogens with zero attached hydrogens (tertiary/aromatic N) is 1. The summed E-state index contributed by atoms with van der Waals surface area (Å²) < 4.78 is 6.94. The molecule has 0 fully saturated rings. The SMILES string of the molecule is Cc1cc(Oc2ccc(N)c(CC#N)c2)cc(C)c1Br. The fourth-order valence-corrected chi connectivity index (χ4v) is 2.21. The van der Waals surface area contributed by atoms with Gasteiger partial charge in [-0.25, -0.2) is 0 Å². The summed E-state index contributed by atoms with van der Waals surface area (Å²) in [5.41, 5.74) is 9.46. The van der Waals surface area contributed by atoms with Gasteiger partial charge in [0.15, 0.2) is 0 Å². The first-order valence-corrected chi connectivity index (χ1v) is 7.00. The molecular formula is C16H15BrN2O. The van der Waals surface area contributed by atoms with Gasteiger partial charge < -0.3 is 10.5 Å².